The second-order valence-corrected chi connectivity index (χ2v) is 6.83. The first-order chi connectivity index (χ1) is 10.1. The van der Waals surface area contributed by atoms with Gasteiger partial charge in [-0.1, -0.05) is 0 Å². The van der Waals surface area contributed by atoms with Crippen LogP contribution in [0.3, 0.4) is 0 Å². The van der Waals surface area contributed by atoms with Gasteiger partial charge in [0.2, 0.25) is 10.0 Å². The van der Waals surface area contributed by atoms with Crippen LogP contribution in [-0.4, -0.2) is 63.4 Å². The number of hydrogen-bond acceptors (Lipinski definition) is 6. The zero-order valence-electron chi connectivity index (χ0n) is 12.2. The summed E-state index contributed by atoms with van der Waals surface area (Å²) in [4.78, 5) is 6.53. The van der Waals surface area contributed by atoms with Gasteiger partial charge in [0.05, 0.1) is 30.9 Å². The minimum Gasteiger partial charge on any atom is -0.379 e. The lowest BCUT2D eigenvalue weighted by atomic mass is 10.4. The van der Waals surface area contributed by atoms with E-state index in [0.29, 0.717) is 5.69 Å². The van der Waals surface area contributed by atoms with Crippen molar-refractivity contribution in [2.24, 2.45) is 0 Å². The molecule has 1 fully saturated rings. The molecule has 1 saturated heterocycles. The van der Waals surface area contributed by atoms with Crippen LogP contribution in [0.5, 0.6) is 0 Å². The van der Waals surface area contributed by atoms with Crippen LogP contribution in [0.15, 0.2) is 18.3 Å². The zero-order valence-corrected chi connectivity index (χ0v) is 13.0. The number of nitrogens with one attached hydrogen (secondary N) is 2. The lowest BCUT2D eigenvalue weighted by Crippen LogP contribution is -2.39. The molecule has 21 heavy (non-hydrogen) atoms. The minimum absolute atomic E-state index is 0.0482. The van der Waals surface area contributed by atoms with Gasteiger partial charge in [-0.25, -0.2) is 13.4 Å². The van der Waals surface area contributed by atoms with E-state index >= 15 is 0 Å². The third-order valence-electron chi connectivity index (χ3n) is 3.25. The molecule has 118 valence electrons. The molecule has 7 nitrogen and oxygen atoms in total. The molecule has 2 heterocycles. The van der Waals surface area contributed by atoms with Crippen molar-refractivity contribution in [1.29, 1.82) is 0 Å². The van der Waals surface area contributed by atoms with E-state index in [1.165, 1.54) is 6.20 Å². The number of pyridine rings is 1. The Balaban J connectivity index is 1.77. The van der Waals surface area contributed by atoms with Crippen molar-refractivity contribution in [1.82, 2.24) is 9.88 Å². The summed E-state index contributed by atoms with van der Waals surface area (Å²) in [7, 11) is -3.25. The number of morpholine rings is 1. The highest BCUT2D eigenvalue weighted by molar-refractivity contribution is 7.92. The van der Waals surface area contributed by atoms with Gasteiger partial charge in [0.15, 0.2) is 0 Å². The molecule has 1 aliphatic heterocycles. The fourth-order valence-corrected chi connectivity index (χ4v) is 2.60. The molecule has 0 aromatic carbocycles. The largest absolute Gasteiger partial charge is 0.379 e. The summed E-state index contributed by atoms with van der Waals surface area (Å²) in [6, 6.07) is 3.48. The molecule has 1 aromatic rings. The molecule has 0 unspecified atom stereocenters. The van der Waals surface area contributed by atoms with Gasteiger partial charge < -0.3 is 10.1 Å². The Kier molecular flexibility index (Phi) is 5.77. The SMILES string of the molecule is CCS(=O)(=O)Nc1ccc(NCCN2CCOCC2)nc1. The first kappa shape index (κ1) is 16.0. The maximum absolute atomic E-state index is 11.4. The highest BCUT2D eigenvalue weighted by atomic mass is 32.2. The fourth-order valence-electron chi connectivity index (χ4n) is 1.98. The molecule has 0 spiro atoms. The zero-order chi connectivity index (χ0) is 15.1. The Bertz CT molecular complexity index is 527. The van der Waals surface area contributed by atoms with Crippen molar-refractivity contribution in [2.75, 3.05) is 55.2 Å². The standard InChI is InChI=1S/C13H22N4O3S/c1-2-21(18,19)16-12-3-4-13(15-11-12)14-5-6-17-7-9-20-10-8-17/h3-4,11,16H,2,5-10H2,1H3,(H,14,15). The van der Waals surface area contributed by atoms with Gasteiger partial charge in [0, 0.05) is 26.2 Å². The Morgan fingerprint density at radius 3 is 2.71 bits per heavy atom. The second kappa shape index (κ2) is 7.58. The Labute approximate surface area is 125 Å². The van der Waals surface area contributed by atoms with Gasteiger partial charge >= 0.3 is 0 Å². The van der Waals surface area contributed by atoms with Gasteiger partial charge in [0.1, 0.15) is 5.82 Å². The smallest absolute Gasteiger partial charge is 0.232 e. The van der Waals surface area contributed by atoms with Crippen LogP contribution in [0.4, 0.5) is 11.5 Å². The van der Waals surface area contributed by atoms with Gasteiger partial charge in [-0.3, -0.25) is 9.62 Å². The number of aromatic nitrogens is 1. The van der Waals surface area contributed by atoms with E-state index in [2.05, 4.69) is 19.9 Å². The maximum atomic E-state index is 11.4. The second-order valence-electron chi connectivity index (χ2n) is 4.82. The van der Waals surface area contributed by atoms with Crippen LogP contribution < -0.4 is 10.0 Å². The number of ether oxygens (including phenoxy) is 1. The number of hydrogen-bond donors (Lipinski definition) is 2. The number of anilines is 2. The summed E-state index contributed by atoms with van der Waals surface area (Å²) >= 11 is 0. The molecule has 0 amide bonds. The predicted octanol–water partition coefficient (Wildman–Crippen LogP) is 0.587. The van der Waals surface area contributed by atoms with Crippen molar-refractivity contribution in [3.8, 4) is 0 Å². The van der Waals surface area contributed by atoms with Crippen LogP contribution in [0.25, 0.3) is 0 Å². The minimum atomic E-state index is -3.25. The van der Waals surface area contributed by atoms with Gasteiger partial charge in [-0.05, 0) is 19.1 Å². The molecule has 1 aromatic heterocycles. The molecule has 8 heteroatoms. The van der Waals surface area contributed by atoms with Gasteiger partial charge in [-0.15, -0.1) is 0 Å². The third-order valence-corrected chi connectivity index (χ3v) is 4.56. The summed E-state index contributed by atoms with van der Waals surface area (Å²) in [5.41, 5.74) is 0.482. The Morgan fingerprint density at radius 1 is 1.33 bits per heavy atom. The van der Waals surface area contributed by atoms with Crippen molar-refractivity contribution in [3.05, 3.63) is 18.3 Å². The third kappa shape index (κ3) is 5.49. The van der Waals surface area contributed by atoms with Crippen molar-refractivity contribution in [3.63, 3.8) is 0 Å². The Morgan fingerprint density at radius 2 is 2.10 bits per heavy atom. The summed E-state index contributed by atoms with van der Waals surface area (Å²) in [6.07, 6.45) is 1.52. The Hall–Kier alpha value is -1.38. The lowest BCUT2D eigenvalue weighted by molar-refractivity contribution is 0.0398. The molecule has 2 rings (SSSR count). The van der Waals surface area contributed by atoms with E-state index < -0.39 is 10.0 Å². The topological polar surface area (TPSA) is 83.6 Å². The van der Waals surface area contributed by atoms with Crippen molar-refractivity contribution in [2.45, 2.75) is 6.92 Å². The number of rotatable bonds is 7. The van der Waals surface area contributed by atoms with Crippen LogP contribution in [-0.2, 0) is 14.8 Å². The highest BCUT2D eigenvalue weighted by Crippen LogP contribution is 2.11. The molecule has 1 aliphatic rings. The molecular formula is C13H22N4O3S. The predicted molar refractivity (Wildman–Crippen MR) is 83.1 cm³/mol. The summed E-state index contributed by atoms with van der Waals surface area (Å²) in [5.74, 6) is 0.787. The van der Waals surface area contributed by atoms with Crippen molar-refractivity contribution < 1.29 is 13.2 Å². The van der Waals surface area contributed by atoms with E-state index in [0.717, 1.165) is 45.2 Å². The first-order valence-electron chi connectivity index (χ1n) is 7.09. The quantitative estimate of drug-likeness (QED) is 0.766. The van der Waals surface area contributed by atoms with Crippen LogP contribution in [0.2, 0.25) is 0 Å². The normalized spacial score (nSPS) is 16.6. The van der Waals surface area contributed by atoms with Crippen LogP contribution in [0, 0.1) is 0 Å². The highest BCUT2D eigenvalue weighted by Gasteiger charge is 2.09. The molecule has 0 saturated carbocycles. The monoisotopic (exact) mass is 314 g/mol. The van der Waals surface area contributed by atoms with E-state index in [1.807, 2.05) is 0 Å². The lowest BCUT2D eigenvalue weighted by Gasteiger charge is -2.26. The number of nitrogens with zero attached hydrogens (tertiary/aromatic N) is 2. The van der Waals surface area contributed by atoms with Crippen LogP contribution in [0.1, 0.15) is 6.92 Å². The molecule has 0 radical (unpaired) electrons. The van der Waals surface area contributed by atoms with E-state index in [1.54, 1.807) is 19.1 Å². The van der Waals surface area contributed by atoms with E-state index in [4.69, 9.17) is 4.74 Å². The molecule has 0 atom stereocenters. The average molecular weight is 314 g/mol. The summed E-state index contributed by atoms with van der Waals surface area (Å²) in [6.45, 7) is 6.86. The van der Waals surface area contributed by atoms with E-state index in [-0.39, 0.29) is 5.75 Å². The van der Waals surface area contributed by atoms with Crippen molar-refractivity contribution >= 4 is 21.5 Å². The average Bonchev–Trinajstić information content (AvgIpc) is 2.50. The number of sulfonamides is 1. The molecule has 2 N–H and O–H groups in total. The molecule has 0 bridgehead atoms. The maximum Gasteiger partial charge on any atom is 0.232 e. The summed E-state index contributed by atoms with van der Waals surface area (Å²) in [5, 5.41) is 3.23. The van der Waals surface area contributed by atoms with Gasteiger partial charge in [-0.2, -0.15) is 0 Å². The summed E-state index contributed by atoms with van der Waals surface area (Å²) < 4.78 is 30.6. The van der Waals surface area contributed by atoms with Gasteiger partial charge in [0.25, 0.3) is 0 Å². The first-order valence-corrected chi connectivity index (χ1v) is 8.75. The molecular weight excluding hydrogens is 292 g/mol. The van der Waals surface area contributed by atoms with Crippen LogP contribution >= 0.6 is 0 Å². The molecule has 0 aliphatic carbocycles. The van der Waals surface area contributed by atoms with E-state index in [9.17, 15) is 8.42 Å². The fraction of sp³-hybridized carbons (Fsp3) is 0.615.